The molecule has 1 aliphatic heterocycles. The minimum absolute atomic E-state index is 0.365. The van der Waals surface area contributed by atoms with Crippen molar-refractivity contribution in [2.45, 2.75) is 58.5 Å². The number of nitriles is 1. The molecule has 0 saturated carbocycles. The summed E-state index contributed by atoms with van der Waals surface area (Å²) in [5.41, 5.74) is -0.365. The van der Waals surface area contributed by atoms with Crippen molar-refractivity contribution in [2.75, 3.05) is 20.1 Å². The Balaban J connectivity index is 2.41. The topological polar surface area (TPSA) is 39.1 Å². The summed E-state index contributed by atoms with van der Waals surface area (Å²) in [6.07, 6.45) is 3.37. The number of rotatable bonds is 5. The van der Waals surface area contributed by atoms with Gasteiger partial charge in [0.2, 0.25) is 0 Å². The summed E-state index contributed by atoms with van der Waals surface area (Å²) in [5.74, 6) is 1.60. The van der Waals surface area contributed by atoms with E-state index in [1.165, 1.54) is 13.0 Å². The highest BCUT2D eigenvalue weighted by atomic mass is 15.2. The molecule has 1 saturated heterocycles. The van der Waals surface area contributed by atoms with Gasteiger partial charge in [-0.25, -0.2) is 0 Å². The quantitative estimate of drug-likeness (QED) is 0.816. The van der Waals surface area contributed by atoms with Gasteiger partial charge in [0.15, 0.2) is 0 Å². The summed E-state index contributed by atoms with van der Waals surface area (Å²) in [6, 6.07) is 3.05. The number of hydrogen-bond donors (Lipinski definition) is 1. The van der Waals surface area contributed by atoms with Gasteiger partial charge in [-0.3, -0.25) is 0 Å². The van der Waals surface area contributed by atoms with Gasteiger partial charge in [0.25, 0.3) is 0 Å². The Kier molecular flexibility index (Phi) is 5.62. The van der Waals surface area contributed by atoms with Gasteiger partial charge in [-0.05, 0) is 58.5 Å². The third-order valence-corrected chi connectivity index (χ3v) is 4.64. The van der Waals surface area contributed by atoms with E-state index in [4.69, 9.17) is 5.26 Å². The molecule has 1 rings (SSSR count). The van der Waals surface area contributed by atoms with E-state index in [0.717, 1.165) is 31.2 Å². The van der Waals surface area contributed by atoms with Crippen molar-refractivity contribution in [3.63, 3.8) is 0 Å². The zero-order valence-corrected chi connectivity index (χ0v) is 12.7. The van der Waals surface area contributed by atoms with E-state index in [0.29, 0.717) is 6.04 Å². The number of nitrogens with zero attached hydrogens (tertiary/aromatic N) is 2. The van der Waals surface area contributed by atoms with E-state index in [1.807, 2.05) is 14.0 Å². The second-order valence-electron chi connectivity index (χ2n) is 6.35. The third kappa shape index (κ3) is 3.96. The Labute approximate surface area is 113 Å². The Morgan fingerprint density at radius 2 is 2.06 bits per heavy atom. The third-order valence-electron chi connectivity index (χ3n) is 4.64. The standard InChI is InChI=1S/C15H29N3/c1-12-9-13(2)14(3)18(10-12)8-6-7-15(4,11-16)17-5/h12-14,17H,6-10H2,1-5H3. The molecule has 0 spiro atoms. The van der Waals surface area contributed by atoms with Crippen molar-refractivity contribution in [1.29, 1.82) is 5.26 Å². The van der Waals surface area contributed by atoms with Crippen LogP contribution >= 0.6 is 0 Å². The molecule has 0 amide bonds. The van der Waals surface area contributed by atoms with Gasteiger partial charge in [-0.1, -0.05) is 13.8 Å². The Hall–Kier alpha value is -0.590. The van der Waals surface area contributed by atoms with Crippen LogP contribution < -0.4 is 5.32 Å². The van der Waals surface area contributed by atoms with E-state index >= 15 is 0 Å². The van der Waals surface area contributed by atoms with Gasteiger partial charge < -0.3 is 10.2 Å². The highest BCUT2D eigenvalue weighted by molar-refractivity contribution is 5.02. The highest BCUT2D eigenvalue weighted by Gasteiger charge is 2.29. The maximum atomic E-state index is 9.13. The minimum Gasteiger partial charge on any atom is -0.303 e. The predicted molar refractivity (Wildman–Crippen MR) is 76.3 cm³/mol. The van der Waals surface area contributed by atoms with Crippen LogP contribution in [0.15, 0.2) is 0 Å². The number of likely N-dealkylation sites (tertiary alicyclic amines) is 1. The smallest absolute Gasteiger partial charge is 0.103 e. The second-order valence-corrected chi connectivity index (χ2v) is 6.35. The van der Waals surface area contributed by atoms with Crippen LogP contribution in [0.1, 0.15) is 47.0 Å². The SMILES string of the molecule is CNC(C)(C#N)CCCN1CC(C)CC(C)C1C. The van der Waals surface area contributed by atoms with Crippen LogP contribution in [-0.4, -0.2) is 36.6 Å². The molecular formula is C15H29N3. The van der Waals surface area contributed by atoms with Crippen LogP contribution in [0, 0.1) is 23.2 Å². The van der Waals surface area contributed by atoms with Gasteiger partial charge in [-0.15, -0.1) is 0 Å². The van der Waals surface area contributed by atoms with E-state index in [1.54, 1.807) is 0 Å². The zero-order chi connectivity index (χ0) is 13.8. The van der Waals surface area contributed by atoms with Crippen LogP contribution in [0.2, 0.25) is 0 Å². The first kappa shape index (κ1) is 15.5. The van der Waals surface area contributed by atoms with E-state index in [9.17, 15) is 0 Å². The molecule has 0 radical (unpaired) electrons. The van der Waals surface area contributed by atoms with Crippen LogP contribution in [0.25, 0.3) is 0 Å². The highest BCUT2D eigenvalue weighted by Crippen LogP contribution is 2.27. The molecule has 1 N–H and O–H groups in total. The largest absolute Gasteiger partial charge is 0.303 e. The fraction of sp³-hybridized carbons (Fsp3) is 0.933. The Morgan fingerprint density at radius 3 is 2.61 bits per heavy atom. The Bertz CT molecular complexity index is 297. The first-order valence-electron chi connectivity index (χ1n) is 7.26. The lowest BCUT2D eigenvalue weighted by Gasteiger charge is -2.41. The molecule has 0 aromatic heterocycles. The second kappa shape index (κ2) is 6.54. The number of piperidine rings is 1. The normalized spacial score (nSPS) is 32.8. The average molecular weight is 251 g/mol. The summed E-state index contributed by atoms with van der Waals surface area (Å²) in [7, 11) is 1.87. The number of hydrogen-bond acceptors (Lipinski definition) is 3. The molecule has 0 aromatic carbocycles. The molecule has 3 nitrogen and oxygen atoms in total. The van der Waals surface area contributed by atoms with Crippen molar-refractivity contribution in [2.24, 2.45) is 11.8 Å². The van der Waals surface area contributed by atoms with Crippen molar-refractivity contribution in [3.05, 3.63) is 0 Å². The van der Waals surface area contributed by atoms with Crippen LogP contribution in [0.3, 0.4) is 0 Å². The minimum atomic E-state index is -0.365. The lowest BCUT2D eigenvalue weighted by Crippen LogP contribution is -2.46. The lowest BCUT2D eigenvalue weighted by molar-refractivity contribution is 0.0769. The van der Waals surface area contributed by atoms with Crippen molar-refractivity contribution in [1.82, 2.24) is 10.2 Å². The van der Waals surface area contributed by atoms with Crippen molar-refractivity contribution in [3.8, 4) is 6.07 Å². The Morgan fingerprint density at radius 1 is 1.39 bits per heavy atom. The molecular weight excluding hydrogens is 222 g/mol. The molecule has 1 fully saturated rings. The zero-order valence-electron chi connectivity index (χ0n) is 12.7. The summed E-state index contributed by atoms with van der Waals surface area (Å²) in [6.45, 7) is 11.4. The van der Waals surface area contributed by atoms with Crippen LogP contribution in [0.4, 0.5) is 0 Å². The maximum Gasteiger partial charge on any atom is 0.103 e. The van der Waals surface area contributed by atoms with E-state index in [2.05, 4.69) is 37.1 Å². The summed E-state index contributed by atoms with van der Waals surface area (Å²) >= 11 is 0. The molecule has 0 aliphatic carbocycles. The van der Waals surface area contributed by atoms with Gasteiger partial charge in [0, 0.05) is 12.6 Å². The molecule has 1 aliphatic rings. The first-order chi connectivity index (χ1) is 8.41. The number of nitrogens with one attached hydrogen (secondary N) is 1. The molecule has 4 unspecified atom stereocenters. The van der Waals surface area contributed by atoms with Gasteiger partial charge in [0.1, 0.15) is 5.54 Å². The molecule has 18 heavy (non-hydrogen) atoms. The maximum absolute atomic E-state index is 9.13. The summed E-state index contributed by atoms with van der Waals surface area (Å²) in [4.78, 5) is 2.60. The molecule has 0 aromatic rings. The molecule has 0 bridgehead atoms. The van der Waals surface area contributed by atoms with E-state index in [-0.39, 0.29) is 5.54 Å². The molecule has 3 heteroatoms. The lowest BCUT2D eigenvalue weighted by atomic mass is 9.85. The van der Waals surface area contributed by atoms with E-state index < -0.39 is 0 Å². The fourth-order valence-corrected chi connectivity index (χ4v) is 3.00. The first-order valence-corrected chi connectivity index (χ1v) is 7.26. The average Bonchev–Trinajstić information content (AvgIpc) is 2.34. The summed E-state index contributed by atoms with van der Waals surface area (Å²) < 4.78 is 0. The molecule has 4 atom stereocenters. The van der Waals surface area contributed by atoms with Crippen LogP contribution in [0.5, 0.6) is 0 Å². The van der Waals surface area contributed by atoms with Gasteiger partial charge in [-0.2, -0.15) is 5.26 Å². The van der Waals surface area contributed by atoms with Crippen molar-refractivity contribution < 1.29 is 0 Å². The monoisotopic (exact) mass is 251 g/mol. The molecule has 104 valence electrons. The summed E-state index contributed by atoms with van der Waals surface area (Å²) in [5, 5.41) is 12.2. The molecule has 1 heterocycles. The van der Waals surface area contributed by atoms with Crippen molar-refractivity contribution >= 4 is 0 Å². The van der Waals surface area contributed by atoms with Gasteiger partial charge >= 0.3 is 0 Å². The van der Waals surface area contributed by atoms with Crippen LogP contribution in [-0.2, 0) is 0 Å². The fourth-order valence-electron chi connectivity index (χ4n) is 3.00. The predicted octanol–water partition coefficient (Wildman–Crippen LogP) is 2.63. The van der Waals surface area contributed by atoms with Gasteiger partial charge in [0.05, 0.1) is 6.07 Å².